The second kappa shape index (κ2) is 8.94. The lowest BCUT2D eigenvalue weighted by Crippen LogP contribution is -2.45. The summed E-state index contributed by atoms with van der Waals surface area (Å²) in [4.78, 5) is 45.3. The third kappa shape index (κ3) is 4.60. The highest BCUT2D eigenvalue weighted by Gasteiger charge is 2.51. The number of esters is 1. The van der Waals surface area contributed by atoms with Crippen LogP contribution in [0, 0.1) is 19.3 Å². The average molecular weight is 406 g/mol. The van der Waals surface area contributed by atoms with Crippen molar-refractivity contribution in [2.45, 2.75) is 52.1 Å². The third-order valence-electron chi connectivity index (χ3n) is 6.20. The van der Waals surface area contributed by atoms with Gasteiger partial charge in [0.25, 0.3) is 12.4 Å². The number of hydrogen-bond donors (Lipinski definition) is 2. The lowest BCUT2D eigenvalue weighted by molar-refractivity contribution is -0.151. The van der Waals surface area contributed by atoms with Crippen molar-refractivity contribution in [3.8, 4) is 0 Å². The first-order chi connectivity index (χ1) is 13.9. The number of amides is 1. The van der Waals surface area contributed by atoms with Gasteiger partial charge in [0.05, 0.1) is 5.41 Å². The summed E-state index contributed by atoms with van der Waals surface area (Å²) in [6.07, 6.45) is 4.68. The van der Waals surface area contributed by atoms with E-state index in [4.69, 9.17) is 14.6 Å². The van der Waals surface area contributed by atoms with Crippen LogP contribution in [0.4, 0.5) is 0 Å². The molecule has 4 rings (SSSR count). The molecular formula is C20H30N4O5. The van der Waals surface area contributed by atoms with Crippen molar-refractivity contribution < 1.29 is 24.2 Å². The second-order valence-corrected chi connectivity index (χ2v) is 8.21. The third-order valence-corrected chi connectivity index (χ3v) is 6.20. The number of carboxylic acid groups (broad SMARTS) is 1. The van der Waals surface area contributed by atoms with E-state index in [1.807, 2.05) is 18.7 Å². The van der Waals surface area contributed by atoms with E-state index in [2.05, 4.69) is 14.9 Å². The number of ether oxygens (including phenoxy) is 1. The van der Waals surface area contributed by atoms with Crippen LogP contribution in [0.15, 0.2) is 0 Å². The van der Waals surface area contributed by atoms with Crippen molar-refractivity contribution in [3.63, 3.8) is 0 Å². The molecule has 1 unspecified atom stereocenters. The number of carbonyl (C=O) groups excluding carboxylic acids is 2. The smallest absolute Gasteiger partial charge is 0.312 e. The fourth-order valence-electron chi connectivity index (χ4n) is 4.71. The van der Waals surface area contributed by atoms with Gasteiger partial charge in [0.15, 0.2) is 0 Å². The number of piperidine rings is 1. The highest BCUT2D eigenvalue weighted by Crippen LogP contribution is 2.43. The Morgan fingerprint density at radius 1 is 1.28 bits per heavy atom. The number of aryl methyl sites for hydroxylation is 2. The number of imidazole rings is 1. The van der Waals surface area contributed by atoms with Crippen LogP contribution < -0.4 is 0 Å². The fourth-order valence-corrected chi connectivity index (χ4v) is 4.71. The summed E-state index contributed by atoms with van der Waals surface area (Å²) in [5.41, 5.74) is 0.913. The molecule has 0 radical (unpaired) electrons. The van der Waals surface area contributed by atoms with Gasteiger partial charge in [-0.3, -0.25) is 19.3 Å². The summed E-state index contributed by atoms with van der Waals surface area (Å²) >= 11 is 0. The van der Waals surface area contributed by atoms with E-state index in [1.165, 1.54) is 12.8 Å². The zero-order valence-corrected chi connectivity index (χ0v) is 17.1. The lowest BCUT2D eigenvalue weighted by atomic mass is 9.76. The Bertz CT molecular complexity index is 748. The predicted octanol–water partition coefficient (Wildman–Crippen LogP) is 1.36. The molecule has 9 nitrogen and oxygen atoms in total. The maximum absolute atomic E-state index is 12.7. The molecule has 9 heteroatoms. The van der Waals surface area contributed by atoms with Crippen molar-refractivity contribution in [2.75, 3.05) is 32.7 Å². The van der Waals surface area contributed by atoms with E-state index in [0.717, 1.165) is 37.6 Å². The summed E-state index contributed by atoms with van der Waals surface area (Å²) in [5.74, 6) is 0.658. The van der Waals surface area contributed by atoms with Crippen molar-refractivity contribution in [2.24, 2.45) is 5.41 Å². The number of aromatic amines is 1. The summed E-state index contributed by atoms with van der Waals surface area (Å²) in [6.45, 7) is 7.75. The maximum Gasteiger partial charge on any atom is 0.312 e. The number of nitrogens with zero attached hydrogens (tertiary/aromatic N) is 3. The Balaban J connectivity index is 0.000000755. The van der Waals surface area contributed by atoms with Crippen molar-refractivity contribution in [1.82, 2.24) is 19.8 Å². The zero-order chi connectivity index (χ0) is 21.0. The SMILES string of the molecule is Cc1nc(C(=O)N2CCC3(CC2)CC(CN2CCCC2)OC3=O)c(C)[nH]1.O=CO. The standard InChI is InChI=1S/C19H28N4O3.CH2O2/c1-13-16(21-14(2)20-13)17(24)23-9-5-19(6-10-23)11-15(26-18(19)25)12-22-7-3-4-8-22;2-1-3/h15H,3-12H2,1-2H3,(H,20,21);1H,(H,2,3). The monoisotopic (exact) mass is 406 g/mol. The number of likely N-dealkylation sites (tertiary alicyclic amines) is 2. The summed E-state index contributed by atoms with van der Waals surface area (Å²) in [7, 11) is 0. The fraction of sp³-hybridized carbons (Fsp3) is 0.700. The first-order valence-electron chi connectivity index (χ1n) is 10.2. The van der Waals surface area contributed by atoms with E-state index in [-0.39, 0.29) is 24.5 Å². The minimum Gasteiger partial charge on any atom is -0.483 e. The molecule has 0 bridgehead atoms. The molecule has 2 N–H and O–H groups in total. The summed E-state index contributed by atoms with van der Waals surface area (Å²) in [6, 6.07) is 0. The van der Waals surface area contributed by atoms with Crippen molar-refractivity contribution in [3.05, 3.63) is 17.2 Å². The van der Waals surface area contributed by atoms with E-state index < -0.39 is 5.41 Å². The van der Waals surface area contributed by atoms with Gasteiger partial charge in [0, 0.05) is 31.7 Å². The number of aromatic nitrogens is 2. The van der Waals surface area contributed by atoms with Gasteiger partial charge in [0.2, 0.25) is 0 Å². The Hall–Kier alpha value is -2.42. The van der Waals surface area contributed by atoms with Crippen LogP contribution in [0.5, 0.6) is 0 Å². The van der Waals surface area contributed by atoms with Gasteiger partial charge in [0.1, 0.15) is 17.6 Å². The molecule has 0 saturated carbocycles. The predicted molar refractivity (Wildman–Crippen MR) is 104 cm³/mol. The first kappa shape index (κ1) is 21.3. The molecule has 0 aromatic carbocycles. The van der Waals surface area contributed by atoms with Crippen LogP contribution in [-0.4, -0.2) is 82.1 Å². The van der Waals surface area contributed by atoms with E-state index in [9.17, 15) is 9.59 Å². The molecule has 1 amide bonds. The molecule has 3 fully saturated rings. The summed E-state index contributed by atoms with van der Waals surface area (Å²) < 4.78 is 5.72. The highest BCUT2D eigenvalue weighted by molar-refractivity contribution is 5.93. The molecular weight excluding hydrogens is 376 g/mol. The number of hydrogen-bond acceptors (Lipinski definition) is 6. The average Bonchev–Trinajstić information content (AvgIpc) is 3.37. The Morgan fingerprint density at radius 2 is 1.90 bits per heavy atom. The van der Waals surface area contributed by atoms with E-state index >= 15 is 0 Å². The van der Waals surface area contributed by atoms with Crippen molar-refractivity contribution in [1.29, 1.82) is 0 Å². The largest absolute Gasteiger partial charge is 0.483 e. The minimum atomic E-state index is -0.391. The van der Waals surface area contributed by atoms with Crippen LogP contribution >= 0.6 is 0 Å². The molecule has 3 saturated heterocycles. The minimum absolute atomic E-state index is 0.0130. The van der Waals surface area contributed by atoms with Gasteiger partial charge in [-0.05, 0) is 52.6 Å². The highest BCUT2D eigenvalue weighted by atomic mass is 16.6. The number of rotatable bonds is 3. The van der Waals surface area contributed by atoms with E-state index in [0.29, 0.717) is 31.6 Å². The van der Waals surface area contributed by atoms with Crippen LogP contribution in [0.25, 0.3) is 0 Å². The molecule has 3 aliphatic rings. The molecule has 1 atom stereocenters. The van der Waals surface area contributed by atoms with Crippen LogP contribution in [0.1, 0.15) is 54.1 Å². The maximum atomic E-state index is 12.7. The topological polar surface area (TPSA) is 116 Å². The van der Waals surface area contributed by atoms with Gasteiger partial charge in [-0.25, -0.2) is 4.98 Å². The Labute approximate surface area is 170 Å². The first-order valence-corrected chi connectivity index (χ1v) is 10.2. The quantitative estimate of drug-likeness (QED) is 0.575. The van der Waals surface area contributed by atoms with E-state index in [1.54, 1.807) is 0 Å². The van der Waals surface area contributed by atoms with Crippen LogP contribution in [0.2, 0.25) is 0 Å². The Kier molecular flexibility index (Phi) is 6.56. The molecule has 1 aromatic heterocycles. The normalized spacial score (nSPS) is 23.6. The number of H-pyrrole nitrogens is 1. The Morgan fingerprint density at radius 3 is 2.45 bits per heavy atom. The molecule has 0 aliphatic carbocycles. The van der Waals surface area contributed by atoms with Crippen LogP contribution in [-0.2, 0) is 14.3 Å². The molecule has 1 spiro atoms. The van der Waals surface area contributed by atoms with Gasteiger partial charge < -0.3 is 19.7 Å². The van der Waals surface area contributed by atoms with Gasteiger partial charge in [-0.1, -0.05) is 0 Å². The van der Waals surface area contributed by atoms with Gasteiger partial charge >= 0.3 is 5.97 Å². The molecule has 4 heterocycles. The number of nitrogens with one attached hydrogen (secondary N) is 1. The number of cyclic esters (lactones) is 1. The van der Waals surface area contributed by atoms with Crippen LogP contribution in [0.3, 0.4) is 0 Å². The summed E-state index contributed by atoms with van der Waals surface area (Å²) in [5, 5.41) is 6.89. The number of carbonyl (C=O) groups is 3. The molecule has 3 aliphatic heterocycles. The van der Waals surface area contributed by atoms with Gasteiger partial charge in [-0.2, -0.15) is 0 Å². The second-order valence-electron chi connectivity index (χ2n) is 8.21. The van der Waals surface area contributed by atoms with Crippen molar-refractivity contribution >= 4 is 18.3 Å². The molecule has 29 heavy (non-hydrogen) atoms. The zero-order valence-electron chi connectivity index (χ0n) is 17.1. The molecule has 1 aromatic rings. The lowest BCUT2D eigenvalue weighted by Gasteiger charge is -2.36. The van der Waals surface area contributed by atoms with Gasteiger partial charge in [-0.15, -0.1) is 0 Å². The molecule has 160 valence electrons.